The fraction of sp³-hybridized carbons (Fsp3) is 0.875. The summed E-state index contributed by atoms with van der Waals surface area (Å²) >= 11 is 0. The molecular weight excluding hydrogens is 252 g/mol. The van der Waals surface area contributed by atoms with Crippen molar-refractivity contribution in [1.82, 2.24) is 10.2 Å². The molecule has 1 saturated heterocycles. The summed E-state index contributed by atoms with van der Waals surface area (Å²) in [5.74, 6) is 0.785. The van der Waals surface area contributed by atoms with Crippen molar-refractivity contribution in [2.24, 2.45) is 5.92 Å². The van der Waals surface area contributed by atoms with Gasteiger partial charge in [-0.2, -0.15) is 0 Å². The molecule has 3 aliphatic rings. The average molecular weight is 278 g/mol. The van der Waals surface area contributed by atoms with Gasteiger partial charge in [-0.3, -0.25) is 14.5 Å². The van der Waals surface area contributed by atoms with Gasteiger partial charge in [-0.25, -0.2) is 0 Å². The minimum atomic E-state index is -0.245. The molecule has 0 bridgehead atoms. The van der Waals surface area contributed by atoms with E-state index >= 15 is 0 Å². The number of amides is 2. The van der Waals surface area contributed by atoms with Gasteiger partial charge in [-0.05, 0) is 38.1 Å². The first-order chi connectivity index (χ1) is 9.75. The summed E-state index contributed by atoms with van der Waals surface area (Å²) in [7, 11) is 0. The third kappa shape index (κ3) is 2.90. The van der Waals surface area contributed by atoms with E-state index in [1.165, 1.54) is 32.1 Å². The number of carbonyl (C=O) groups is 2. The number of hydrogen-bond donors (Lipinski definition) is 1. The molecule has 2 saturated carbocycles. The summed E-state index contributed by atoms with van der Waals surface area (Å²) in [6.45, 7) is 0.905. The van der Waals surface area contributed by atoms with Crippen LogP contribution in [0.4, 0.5) is 0 Å². The predicted molar refractivity (Wildman–Crippen MR) is 77.1 cm³/mol. The normalized spacial score (nSPS) is 29.6. The summed E-state index contributed by atoms with van der Waals surface area (Å²) in [5.41, 5.74) is 0. The lowest BCUT2D eigenvalue weighted by Gasteiger charge is -2.24. The molecule has 1 N–H and O–H groups in total. The van der Waals surface area contributed by atoms with Crippen LogP contribution in [0.2, 0.25) is 0 Å². The van der Waals surface area contributed by atoms with Gasteiger partial charge in [-0.1, -0.05) is 32.1 Å². The van der Waals surface area contributed by atoms with Gasteiger partial charge >= 0.3 is 0 Å². The summed E-state index contributed by atoms with van der Waals surface area (Å²) in [5, 5.41) is 3.37. The van der Waals surface area contributed by atoms with Crippen LogP contribution < -0.4 is 5.32 Å². The first kappa shape index (κ1) is 14.1. The lowest BCUT2D eigenvalue weighted by molar-refractivity contribution is -0.141. The quantitative estimate of drug-likeness (QED) is 0.802. The minimum Gasteiger partial charge on any atom is -0.305 e. The van der Waals surface area contributed by atoms with E-state index in [2.05, 4.69) is 5.32 Å². The van der Waals surface area contributed by atoms with Gasteiger partial charge in [0, 0.05) is 6.04 Å². The van der Waals surface area contributed by atoms with Gasteiger partial charge in [0.2, 0.25) is 11.8 Å². The maximum Gasteiger partial charge on any atom is 0.247 e. The SMILES string of the molecule is O=C1CC(NCC2CCCCC2)C(=O)N1C1CCCC1. The van der Waals surface area contributed by atoms with Crippen LogP contribution in [0.1, 0.15) is 64.2 Å². The number of nitrogens with one attached hydrogen (secondary N) is 1. The largest absolute Gasteiger partial charge is 0.305 e. The van der Waals surface area contributed by atoms with Gasteiger partial charge in [0.15, 0.2) is 0 Å². The van der Waals surface area contributed by atoms with E-state index in [4.69, 9.17) is 0 Å². The highest BCUT2D eigenvalue weighted by Gasteiger charge is 2.42. The van der Waals surface area contributed by atoms with Crippen molar-refractivity contribution >= 4 is 11.8 Å². The molecule has 2 aliphatic carbocycles. The van der Waals surface area contributed by atoms with Crippen LogP contribution in [0.25, 0.3) is 0 Å². The summed E-state index contributed by atoms with van der Waals surface area (Å²) in [6.07, 6.45) is 11.2. The smallest absolute Gasteiger partial charge is 0.247 e. The zero-order valence-electron chi connectivity index (χ0n) is 12.3. The molecule has 1 unspecified atom stereocenters. The predicted octanol–water partition coefficient (Wildman–Crippen LogP) is 2.23. The Bertz CT molecular complexity index is 371. The average Bonchev–Trinajstić information content (AvgIpc) is 3.06. The fourth-order valence-corrected chi connectivity index (χ4v) is 4.06. The topological polar surface area (TPSA) is 49.4 Å². The van der Waals surface area contributed by atoms with Gasteiger partial charge in [0.05, 0.1) is 12.5 Å². The molecule has 2 amide bonds. The third-order valence-electron chi connectivity index (χ3n) is 5.25. The summed E-state index contributed by atoms with van der Waals surface area (Å²) < 4.78 is 0. The number of rotatable bonds is 4. The van der Waals surface area contributed by atoms with E-state index in [-0.39, 0.29) is 23.9 Å². The molecule has 0 spiro atoms. The molecular formula is C16H26N2O2. The highest BCUT2D eigenvalue weighted by molar-refractivity contribution is 6.05. The Morgan fingerprint density at radius 1 is 0.950 bits per heavy atom. The Morgan fingerprint density at radius 3 is 2.30 bits per heavy atom. The molecule has 3 rings (SSSR count). The lowest BCUT2D eigenvalue weighted by atomic mass is 9.89. The molecule has 112 valence electrons. The van der Waals surface area contributed by atoms with Gasteiger partial charge < -0.3 is 5.32 Å². The maximum atomic E-state index is 12.4. The molecule has 0 radical (unpaired) electrons. The first-order valence-corrected chi connectivity index (χ1v) is 8.35. The van der Waals surface area contributed by atoms with Gasteiger partial charge in [0.1, 0.15) is 0 Å². The standard InChI is InChI=1S/C16H26N2O2/c19-15-10-14(17-11-12-6-2-1-3-7-12)16(20)18(15)13-8-4-5-9-13/h12-14,17H,1-11H2. The fourth-order valence-electron chi connectivity index (χ4n) is 4.06. The molecule has 0 aromatic carbocycles. The number of carbonyl (C=O) groups excluding carboxylic acids is 2. The van der Waals surface area contributed by atoms with Crippen molar-refractivity contribution in [1.29, 1.82) is 0 Å². The molecule has 4 heteroatoms. The van der Waals surface area contributed by atoms with Crippen molar-refractivity contribution in [3.8, 4) is 0 Å². The van der Waals surface area contributed by atoms with Crippen molar-refractivity contribution < 1.29 is 9.59 Å². The van der Waals surface area contributed by atoms with Crippen LogP contribution in [0, 0.1) is 5.92 Å². The zero-order valence-corrected chi connectivity index (χ0v) is 12.3. The van der Waals surface area contributed by atoms with Crippen LogP contribution in [0.5, 0.6) is 0 Å². The van der Waals surface area contributed by atoms with Crippen molar-refractivity contribution in [3.63, 3.8) is 0 Å². The maximum absolute atomic E-state index is 12.4. The Labute approximate surface area is 121 Å². The molecule has 0 aromatic rings. The first-order valence-electron chi connectivity index (χ1n) is 8.35. The van der Waals surface area contributed by atoms with Crippen LogP contribution in [-0.4, -0.2) is 35.3 Å². The van der Waals surface area contributed by atoms with Gasteiger partial charge in [-0.15, -0.1) is 0 Å². The second-order valence-electron chi connectivity index (χ2n) is 6.71. The molecule has 3 fully saturated rings. The Kier molecular flexibility index (Phi) is 4.39. The minimum absolute atomic E-state index is 0.0395. The molecule has 20 heavy (non-hydrogen) atoms. The third-order valence-corrected chi connectivity index (χ3v) is 5.25. The van der Waals surface area contributed by atoms with E-state index in [1.54, 1.807) is 4.90 Å². The summed E-state index contributed by atoms with van der Waals surface area (Å²) in [6, 6.07) is -0.0542. The number of likely N-dealkylation sites (tertiary alicyclic amines) is 1. The molecule has 1 aliphatic heterocycles. The Morgan fingerprint density at radius 2 is 1.60 bits per heavy atom. The van der Waals surface area contributed by atoms with E-state index in [0.717, 1.165) is 32.2 Å². The van der Waals surface area contributed by atoms with Crippen molar-refractivity contribution in [3.05, 3.63) is 0 Å². The highest BCUT2D eigenvalue weighted by atomic mass is 16.2. The van der Waals surface area contributed by atoms with Crippen LogP contribution in [-0.2, 0) is 9.59 Å². The van der Waals surface area contributed by atoms with Crippen LogP contribution in [0.3, 0.4) is 0 Å². The van der Waals surface area contributed by atoms with Crippen LogP contribution >= 0.6 is 0 Å². The Hall–Kier alpha value is -0.900. The van der Waals surface area contributed by atoms with E-state index in [1.807, 2.05) is 0 Å². The van der Waals surface area contributed by atoms with Gasteiger partial charge in [0.25, 0.3) is 0 Å². The highest BCUT2D eigenvalue weighted by Crippen LogP contribution is 2.28. The molecule has 0 aromatic heterocycles. The Balaban J connectivity index is 1.52. The number of imide groups is 1. The van der Waals surface area contributed by atoms with E-state index in [9.17, 15) is 9.59 Å². The zero-order chi connectivity index (χ0) is 13.9. The number of nitrogens with zero attached hydrogens (tertiary/aromatic N) is 1. The molecule has 1 atom stereocenters. The van der Waals surface area contributed by atoms with Crippen molar-refractivity contribution in [2.45, 2.75) is 76.3 Å². The van der Waals surface area contributed by atoms with Crippen LogP contribution in [0.15, 0.2) is 0 Å². The summed E-state index contributed by atoms with van der Waals surface area (Å²) in [4.78, 5) is 26.1. The second-order valence-corrected chi connectivity index (χ2v) is 6.71. The second kappa shape index (κ2) is 6.25. The number of hydrogen-bond acceptors (Lipinski definition) is 3. The van der Waals surface area contributed by atoms with Crippen molar-refractivity contribution in [2.75, 3.05) is 6.54 Å². The molecule has 4 nitrogen and oxygen atoms in total. The lowest BCUT2D eigenvalue weighted by Crippen LogP contribution is -2.44. The van der Waals surface area contributed by atoms with E-state index < -0.39 is 0 Å². The monoisotopic (exact) mass is 278 g/mol. The van der Waals surface area contributed by atoms with E-state index in [0.29, 0.717) is 12.3 Å². The molecule has 1 heterocycles.